The summed E-state index contributed by atoms with van der Waals surface area (Å²) in [5, 5.41) is 5.63. The van der Waals surface area contributed by atoms with Gasteiger partial charge in [0.15, 0.2) is 0 Å². The molecule has 26 heavy (non-hydrogen) atoms. The van der Waals surface area contributed by atoms with Crippen molar-refractivity contribution in [3.63, 3.8) is 0 Å². The topological polar surface area (TPSA) is 106 Å². The fourth-order valence-corrected chi connectivity index (χ4v) is 2.37. The van der Waals surface area contributed by atoms with Crippen LogP contribution in [0, 0.1) is 0 Å². The van der Waals surface area contributed by atoms with Crippen LogP contribution in [0.1, 0.15) is 5.56 Å². The molecule has 0 saturated heterocycles. The minimum Gasteiger partial charge on any atom is -0.350 e. The zero-order chi connectivity index (χ0) is 18.4. The first kappa shape index (κ1) is 17.3. The van der Waals surface area contributed by atoms with E-state index in [4.69, 9.17) is 0 Å². The first-order chi connectivity index (χ1) is 12.6. The van der Waals surface area contributed by atoms with E-state index >= 15 is 0 Å². The van der Waals surface area contributed by atoms with Crippen molar-refractivity contribution < 1.29 is 9.59 Å². The van der Waals surface area contributed by atoms with E-state index in [0.717, 1.165) is 5.56 Å². The second-order valence-electron chi connectivity index (χ2n) is 5.60. The molecule has 8 nitrogen and oxygen atoms in total. The maximum atomic E-state index is 12.3. The molecule has 0 unspecified atom stereocenters. The van der Waals surface area contributed by atoms with Crippen molar-refractivity contribution in [1.82, 2.24) is 25.2 Å². The van der Waals surface area contributed by atoms with Gasteiger partial charge in [0.25, 0.3) is 5.56 Å². The number of carbonyl (C=O) groups is 2. The molecule has 2 aromatic heterocycles. The molecule has 2 heterocycles. The third-order valence-corrected chi connectivity index (χ3v) is 3.73. The Morgan fingerprint density at radius 2 is 1.77 bits per heavy atom. The van der Waals surface area contributed by atoms with Gasteiger partial charge in [0, 0.05) is 18.9 Å². The fourth-order valence-electron chi connectivity index (χ4n) is 2.37. The second kappa shape index (κ2) is 8.02. The maximum Gasteiger partial charge on any atom is 0.261 e. The van der Waals surface area contributed by atoms with E-state index in [9.17, 15) is 14.4 Å². The van der Waals surface area contributed by atoms with Gasteiger partial charge in [0.2, 0.25) is 11.8 Å². The average molecular weight is 351 g/mol. The van der Waals surface area contributed by atoms with Crippen LogP contribution in [0.15, 0.2) is 59.9 Å². The number of nitrogens with one attached hydrogen (secondary N) is 2. The number of nitrogens with zero attached hydrogens (tertiary/aromatic N) is 3. The predicted octanol–water partition coefficient (Wildman–Crippen LogP) is 0.224. The summed E-state index contributed by atoms with van der Waals surface area (Å²) < 4.78 is 1.21. The van der Waals surface area contributed by atoms with Crippen LogP contribution in [0.3, 0.4) is 0 Å². The van der Waals surface area contributed by atoms with E-state index < -0.39 is 5.91 Å². The number of para-hydroxylation sites is 1. The first-order valence-electron chi connectivity index (χ1n) is 8.00. The van der Waals surface area contributed by atoms with Crippen LogP contribution in [0.2, 0.25) is 0 Å². The van der Waals surface area contributed by atoms with Gasteiger partial charge in [-0.1, -0.05) is 12.1 Å². The van der Waals surface area contributed by atoms with Gasteiger partial charge in [0.05, 0.1) is 23.8 Å². The molecule has 3 aromatic rings. The Morgan fingerprint density at radius 1 is 1.00 bits per heavy atom. The molecule has 0 bridgehead atoms. The Kier molecular flexibility index (Phi) is 5.33. The van der Waals surface area contributed by atoms with E-state index in [-0.39, 0.29) is 24.6 Å². The van der Waals surface area contributed by atoms with Crippen molar-refractivity contribution in [2.24, 2.45) is 0 Å². The minimum atomic E-state index is -0.441. The van der Waals surface area contributed by atoms with Crippen LogP contribution in [-0.2, 0) is 22.7 Å². The number of hydrogen-bond acceptors (Lipinski definition) is 5. The van der Waals surface area contributed by atoms with Gasteiger partial charge in [-0.25, -0.2) is 4.98 Å². The highest BCUT2D eigenvalue weighted by molar-refractivity contribution is 5.84. The van der Waals surface area contributed by atoms with Crippen molar-refractivity contribution in [1.29, 1.82) is 0 Å². The summed E-state index contributed by atoms with van der Waals surface area (Å²) in [6.07, 6.45) is 4.60. The average Bonchev–Trinajstić information content (AvgIpc) is 2.68. The highest BCUT2D eigenvalue weighted by Gasteiger charge is 2.09. The summed E-state index contributed by atoms with van der Waals surface area (Å²) in [6.45, 7) is -0.0146. The van der Waals surface area contributed by atoms with Crippen molar-refractivity contribution >= 4 is 22.7 Å². The van der Waals surface area contributed by atoms with Gasteiger partial charge in [-0.15, -0.1) is 0 Å². The molecular weight excluding hydrogens is 334 g/mol. The molecule has 0 aliphatic carbocycles. The number of rotatable bonds is 6. The van der Waals surface area contributed by atoms with Gasteiger partial charge < -0.3 is 10.6 Å². The van der Waals surface area contributed by atoms with Crippen LogP contribution >= 0.6 is 0 Å². The molecule has 0 fully saturated rings. The lowest BCUT2D eigenvalue weighted by Crippen LogP contribution is -2.39. The Labute approximate surface area is 148 Å². The Morgan fingerprint density at radius 3 is 2.58 bits per heavy atom. The molecule has 0 saturated carbocycles. The predicted molar refractivity (Wildman–Crippen MR) is 95.1 cm³/mol. The molecule has 0 aliphatic heterocycles. The summed E-state index contributed by atoms with van der Waals surface area (Å²) in [5.74, 6) is -0.762. The number of amides is 2. The van der Waals surface area contributed by atoms with E-state index in [1.54, 1.807) is 48.8 Å². The number of fused-ring (bicyclic) bond motifs is 1. The molecule has 0 radical (unpaired) electrons. The lowest BCUT2D eigenvalue weighted by atomic mass is 10.2. The molecule has 3 rings (SSSR count). The molecule has 8 heteroatoms. The number of aromatic nitrogens is 3. The fraction of sp³-hybridized carbons (Fsp3) is 0.167. The standard InChI is InChI=1S/C18H17N5O3/c24-16(20-9-13-5-7-19-8-6-13)10-21-17(25)11-23-12-22-15-4-2-1-3-14(15)18(23)26/h1-8,12H,9-11H2,(H,20,24)(H,21,25). The zero-order valence-corrected chi connectivity index (χ0v) is 13.9. The molecule has 2 N–H and O–H groups in total. The van der Waals surface area contributed by atoms with Crippen LogP contribution in [-0.4, -0.2) is 32.9 Å². The molecule has 1 aromatic carbocycles. The zero-order valence-electron chi connectivity index (χ0n) is 13.9. The van der Waals surface area contributed by atoms with E-state index in [2.05, 4.69) is 20.6 Å². The van der Waals surface area contributed by atoms with E-state index in [0.29, 0.717) is 17.4 Å². The Bertz CT molecular complexity index is 985. The molecule has 0 aliphatic rings. The van der Waals surface area contributed by atoms with Gasteiger partial charge in [-0.05, 0) is 29.8 Å². The Hall–Kier alpha value is -3.55. The monoisotopic (exact) mass is 351 g/mol. The summed E-state index contributed by atoms with van der Waals surface area (Å²) in [7, 11) is 0. The van der Waals surface area contributed by atoms with Crippen LogP contribution in [0.5, 0.6) is 0 Å². The molecular formula is C18H17N5O3. The maximum absolute atomic E-state index is 12.3. The highest BCUT2D eigenvalue weighted by atomic mass is 16.2. The van der Waals surface area contributed by atoms with E-state index in [1.807, 2.05) is 0 Å². The van der Waals surface area contributed by atoms with Crippen molar-refractivity contribution in [2.75, 3.05) is 6.54 Å². The van der Waals surface area contributed by atoms with Crippen molar-refractivity contribution in [3.05, 3.63) is 71.0 Å². The molecule has 0 spiro atoms. The summed E-state index contributed by atoms with van der Waals surface area (Å²) >= 11 is 0. The van der Waals surface area contributed by atoms with Gasteiger partial charge in [-0.2, -0.15) is 0 Å². The Balaban J connectivity index is 1.52. The smallest absolute Gasteiger partial charge is 0.261 e. The number of carbonyl (C=O) groups excluding carboxylic acids is 2. The SMILES string of the molecule is O=C(CNC(=O)Cn1cnc2ccccc2c1=O)NCc1ccncc1. The summed E-state index contributed by atoms with van der Waals surface area (Å²) in [4.78, 5) is 44.2. The third kappa shape index (κ3) is 4.29. The van der Waals surface area contributed by atoms with Crippen molar-refractivity contribution in [2.45, 2.75) is 13.1 Å². The van der Waals surface area contributed by atoms with Crippen LogP contribution in [0.4, 0.5) is 0 Å². The largest absolute Gasteiger partial charge is 0.350 e. The van der Waals surface area contributed by atoms with Gasteiger partial charge in [-0.3, -0.25) is 23.9 Å². The number of pyridine rings is 1. The highest BCUT2D eigenvalue weighted by Crippen LogP contribution is 2.04. The van der Waals surface area contributed by atoms with E-state index in [1.165, 1.54) is 10.9 Å². The normalized spacial score (nSPS) is 10.5. The molecule has 0 atom stereocenters. The molecule has 2 amide bonds. The quantitative estimate of drug-likeness (QED) is 0.661. The minimum absolute atomic E-state index is 0.167. The van der Waals surface area contributed by atoms with Crippen LogP contribution < -0.4 is 16.2 Å². The summed E-state index contributed by atoms with van der Waals surface area (Å²) in [6, 6.07) is 10.5. The number of hydrogen-bond donors (Lipinski definition) is 2. The summed E-state index contributed by atoms with van der Waals surface area (Å²) in [5.41, 5.74) is 1.19. The van der Waals surface area contributed by atoms with Crippen molar-refractivity contribution in [3.8, 4) is 0 Å². The second-order valence-corrected chi connectivity index (χ2v) is 5.60. The van der Waals surface area contributed by atoms with Gasteiger partial charge in [0.1, 0.15) is 6.54 Å². The first-order valence-corrected chi connectivity index (χ1v) is 8.00. The lowest BCUT2D eigenvalue weighted by molar-refractivity contribution is -0.126. The lowest BCUT2D eigenvalue weighted by Gasteiger charge is -2.08. The van der Waals surface area contributed by atoms with Gasteiger partial charge >= 0.3 is 0 Å². The van der Waals surface area contributed by atoms with Crippen LogP contribution in [0.25, 0.3) is 10.9 Å². The third-order valence-electron chi connectivity index (χ3n) is 3.73. The number of benzene rings is 1. The molecule has 132 valence electrons.